The van der Waals surface area contributed by atoms with Gasteiger partial charge in [0.25, 0.3) is 0 Å². The van der Waals surface area contributed by atoms with Crippen LogP contribution in [0.4, 0.5) is 9.59 Å². The van der Waals surface area contributed by atoms with Crippen LogP contribution in [0.5, 0.6) is 17.2 Å². The first-order chi connectivity index (χ1) is 15.8. The van der Waals surface area contributed by atoms with Crippen LogP contribution in [-0.2, 0) is 25.4 Å². The number of hydrogen-bond donors (Lipinski definition) is 1. The van der Waals surface area contributed by atoms with E-state index in [0.717, 1.165) is 14.2 Å². The number of phenols is 1. The largest absolute Gasteiger partial charge is 0.513 e. The van der Waals surface area contributed by atoms with Crippen molar-refractivity contribution in [2.24, 2.45) is 0 Å². The molecular weight excluding hydrogens is 436 g/mol. The maximum atomic E-state index is 12.7. The zero-order chi connectivity index (χ0) is 24.4. The summed E-state index contributed by atoms with van der Waals surface area (Å²) in [6.45, 7) is 2.18. The Morgan fingerprint density at radius 3 is 2.12 bits per heavy atom. The van der Waals surface area contributed by atoms with Crippen LogP contribution in [0.1, 0.15) is 22.8 Å². The van der Waals surface area contributed by atoms with Gasteiger partial charge >= 0.3 is 12.3 Å². The van der Waals surface area contributed by atoms with Gasteiger partial charge in [-0.2, -0.15) is 0 Å². The number of Topliss-reactive ketones (excluding diaryl/α,β-unsaturated/α-hetero) is 1. The molecule has 2 rings (SSSR count). The highest BCUT2D eigenvalue weighted by Crippen LogP contribution is 2.42. The van der Waals surface area contributed by atoms with Gasteiger partial charge in [0.15, 0.2) is 5.78 Å². The van der Waals surface area contributed by atoms with Crippen LogP contribution >= 0.6 is 0 Å². The predicted molar refractivity (Wildman–Crippen MR) is 116 cm³/mol. The molecule has 0 heterocycles. The fraction of sp³-hybridized carbons (Fsp3) is 0.348. The Morgan fingerprint density at radius 2 is 1.55 bits per heavy atom. The van der Waals surface area contributed by atoms with E-state index >= 15 is 0 Å². The number of benzene rings is 2. The van der Waals surface area contributed by atoms with Gasteiger partial charge in [-0.3, -0.25) is 4.79 Å². The van der Waals surface area contributed by atoms with Crippen LogP contribution in [0.3, 0.4) is 0 Å². The molecule has 1 N–H and O–H groups in total. The Labute approximate surface area is 190 Å². The summed E-state index contributed by atoms with van der Waals surface area (Å²) in [6.07, 6.45) is -1.91. The summed E-state index contributed by atoms with van der Waals surface area (Å²) in [6, 6.07) is 7.40. The van der Waals surface area contributed by atoms with Crippen molar-refractivity contribution < 1.29 is 47.9 Å². The lowest BCUT2D eigenvalue weighted by molar-refractivity contribution is 0.0721. The van der Waals surface area contributed by atoms with E-state index in [0.29, 0.717) is 29.9 Å². The second-order valence-electron chi connectivity index (χ2n) is 6.68. The summed E-state index contributed by atoms with van der Waals surface area (Å²) in [7, 11) is 3.80. The molecule has 0 saturated heterocycles. The fourth-order valence-electron chi connectivity index (χ4n) is 3.14. The van der Waals surface area contributed by atoms with E-state index in [2.05, 4.69) is 9.47 Å². The van der Waals surface area contributed by atoms with Gasteiger partial charge < -0.3 is 33.5 Å². The molecule has 0 saturated carbocycles. The Bertz CT molecular complexity index is 999. The molecule has 0 unspecified atom stereocenters. The van der Waals surface area contributed by atoms with Gasteiger partial charge in [0.1, 0.15) is 17.2 Å². The van der Waals surface area contributed by atoms with Gasteiger partial charge in [0.2, 0.25) is 0 Å². The molecule has 0 aromatic heterocycles. The lowest BCUT2D eigenvalue weighted by Crippen LogP contribution is -2.16. The van der Waals surface area contributed by atoms with Crippen LogP contribution in [0.15, 0.2) is 30.3 Å². The van der Waals surface area contributed by atoms with Crippen LogP contribution in [0, 0.1) is 0 Å². The monoisotopic (exact) mass is 462 g/mol. The number of rotatable bonds is 10. The van der Waals surface area contributed by atoms with E-state index in [9.17, 15) is 19.5 Å². The molecule has 178 valence electrons. The Morgan fingerprint density at radius 1 is 0.879 bits per heavy atom. The highest BCUT2D eigenvalue weighted by molar-refractivity contribution is 6.02. The molecule has 0 bridgehead atoms. The average Bonchev–Trinajstić information content (AvgIpc) is 2.78. The number of ketones is 1. The maximum absolute atomic E-state index is 12.7. The van der Waals surface area contributed by atoms with Crippen LogP contribution in [0.25, 0.3) is 11.1 Å². The molecule has 10 nitrogen and oxygen atoms in total. The van der Waals surface area contributed by atoms with Crippen molar-refractivity contribution in [3.05, 3.63) is 41.5 Å². The number of carbonyl (C=O) groups is 3. The third-order valence-electron chi connectivity index (χ3n) is 4.49. The van der Waals surface area contributed by atoms with Gasteiger partial charge in [-0.25, -0.2) is 9.59 Å². The molecule has 2 aromatic carbocycles. The zero-order valence-corrected chi connectivity index (χ0v) is 18.8. The van der Waals surface area contributed by atoms with E-state index in [4.69, 9.17) is 18.9 Å². The second-order valence-corrected chi connectivity index (χ2v) is 6.68. The molecule has 33 heavy (non-hydrogen) atoms. The molecular formula is C23H26O10. The fourth-order valence-corrected chi connectivity index (χ4v) is 3.14. The van der Waals surface area contributed by atoms with Crippen molar-refractivity contribution >= 4 is 18.1 Å². The third kappa shape index (κ3) is 6.93. The van der Waals surface area contributed by atoms with Crippen molar-refractivity contribution in [3.8, 4) is 28.4 Å². The lowest BCUT2D eigenvalue weighted by atomic mass is 9.90. The standard InChI is InChI=1S/C23H26O10/c1-14(24)20-17(8-9-31-11-10-28-2)21(15-6-5-7-16(25)12-15)19(33-23(27)30-4)13-18(20)32-22(26)29-3/h5-7,12-13,25H,8-11H2,1-4H3. The average molecular weight is 462 g/mol. The normalized spacial score (nSPS) is 10.4. The molecule has 0 amide bonds. The van der Waals surface area contributed by atoms with Gasteiger partial charge in [0.05, 0.1) is 39.6 Å². The van der Waals surface area contributed by atoms with Gasteiger partial charge in [-0.1, -0.05) is 12.1 Å². The van der Waals surface area contributed by atoms with Crippen LogP contribution < -0.4 is 9.47 Å². The minimum absolute atomic E-state index is 0.0434. The van der Waals surface area contributed by atoms with E-state index in [1.54, 1.807) is 19.2 Å². The second kappa shape index (κ2) is 12.4. The molecule has 0 spiro atoms. The number of methoxy groups -OCH3 is 3. The van der Waals surface area contributed by atoms with Crippen molar-refractivity contribution in [3.63, 3.8) is 0 Å². The third-order valence-corrected chi connectivity index (χ3v) is 4.49. The number of ether oxygens (including phenoxy) is 6. The number of carbonyl (C=O) groups excluding carboxylic acids is 3. The SMILES string of the molecule is COCCOCCc1c(C(C)=O)c(OC(=O)OC)cc(OC(=O)OC)c1-c1cccc(O)c1. The van der Waals surface area contributed by atoms with Crippen molar-refractivity contribution in [1.82, 2.24) is 0 Å². The molecule has 10 heteroatoms. The summed E-state index contributed by atoms with van der Waals surface area (Å²) >= 11 is 0. The Balaban J connectivity index is 2.76. The molecule has 0 fully saturated rings. The quantitative estimate of drug-likeness (QED) is 0.241. The van der Waals surface area contributed by atoms with Crippen molar-refractivity contribution in [1.29, 1.82) is 0 Å². The molecule has 0 radical (unpaired) electrons. The van der Waals surface area contributed by atoms with Crippen LogP contribution in [-0.4, -0.2) is 64.4 Å². The Hall–Kier alpha value is -3.63. The topological polar surface area (TPSA) is 127 Å². The molecule has 0 aliphatic rings. The highest BCUT2D eigenvalue weighted by Gasteiger charge is 2.27. The number of phenolic OH excluding ortho intramolecular Hbond substituents is 1. The summed E-state index contributed by atoms with van der Waals surface area (Å²) in [5, 5.41) is 10.0. The zero-order valence-electron chi connectivity index (χ0n) is 18.8. The first-order valence-electron chi connectivity index (χ1n) is 9.90. The van der Waals surface area contributed by atoms with Gasteiger partial charge in [0, 0.05) is 18.7 Å². The molecule has 0 aliphatic carbocycles. The number of hydrogen-bond acceptors (Lipinski definition) is 10. The van der Waals surface area contributed by atoms with Crippen LogP contribution in [0.2, 0.25) is 0 Å². The van der Waals surface area contributed by atoms with E-state index in [-0.39, 0.29) is 35.8 Å². The molecule has 2 aromatic rings. The molecule has 0 aliphatic heterocycles. The van der Waals surface area contributed by atoms with Gasteiger partial charge in [-0.05, 0) is 36.6 Å². The lowest BCUT2D eigenvalue weighted by Gasteiger charge is -2.20. The first kappa shape index (κ1) is 25.6. The van der Waals surface area contributed by atoms with Crippen molar-refractivity contribution in [2.75, 3.05) is 41.2 Å². The first-order valence-corrected chi connectivity index (χ1v) is 9.90. The Kier molecular flexibility index (Phi) is 9.64. The minimum atomic E-state index is -1.06. The highest BCUT2D eigenvalue weighted by atomic mass is 16.7. The number of aromatic hydroxyl groups is 1. The maximum Gasteiger partial charge on any atom is 0.513 e. The summed E-state index contributed by atoms with van der Waals surface area (Å²) < 4.78 is 30.2. The van der Waals surface area contributed by atoms with E-state index in [1.807, 2.05) is 0 Å². The van der Waals surface area contributed by atoms with E-state index in [1.165, 1.54) is 25.1 Å². The van der Waals surface area contributed by atoms with E-state index < -0.39 is 18.1 Å². The van der Waals surface area contributed by atoms with Gasteiger partial charge in [-0.15, -0.1) is 0 Å². The minimum Gasteiger partial charge on any atom is -0.508 e. The summed E-state index contributed by atoms with van der Waals surface area (Å²) in [4.78, 5) is 36.4. The summed E-state index contributed by atoms with van der Waals surface area (Å²) in [5.41, 5.74) is 1.24. The molecule has 0 atom stereocenters. The summed E-state index contributed by atoms with van der Waals surface area (Å²) in [5.74, 6) is -0.669. The van der Waals surface area contributed by atoms with Crippen molar-refractivity contribution in [2.45, 2.75) is 13.3 Å². The predicted octanol–water partition coefficient (Wildman–Crippen LogP) is 3.76. The smallest absolute Gasteiger partial charge is 0.508 e.